The van der Waals surface area contributed by atoms with Gasteiger partial charge >= 0.3 is 0 Å². The maximum atomic E-state index is 5.20. The molecule has 58 valence electrons. The van der Waals surface area contributed by atoms with Crippen LogP contribution in [0.5, 0.6) is 0 Å². The molecule has 0 saturated carbocycles. The van der Waals surface area contributed by atoms with Gasteiger partial charge in [0.1, 0.15) is 0 Å². The maximum Gasteiger partial charge on any atom is 0.0646 e. The first-order chi connectivity index (χ1) is 5.27. The largest absolute Gasteiger partial charge is 0.269 e. The van der Waals surface area contributed by atoms with Crippen molar-refractivity contribution < 1.29 is 0 Å². The molecule has 1 aromatic rings. The van der Waals surface area contributed by atoms with Crippen molar-refractivity contribution in [2.75, 3.05) is 0 Å². The molecule has 2 heteroatoms. The highest BCUT2D eigenvalue weighted by molar-refractivity contribution is 5.26. The van der Waals surface area contributed by atoms with Gasteiger partial charge in [-0.2, -0.15) is 5.10 Å². The predicted molar refractivity (Wildman–Crippen MR) is 45.2 cm³/mol. The van der Waals surface area contributed by atoms with Crippen LogP contribution in [0.4, 0.5) is 0 Å². The summed E-state index contributed by atoms with van der Waals surface area (Å²) < 4.78 is 1.90. The summed E-state index contributed by atoms with van der Waals surface area (Å²) in [6.07, 6.45) is 9.89. The van der Waals surface area contributed by atoms with E-state index in [4.69, 9.17) is 6.42 Å². The summed E-state index contributed by atoms with van der Waals surface area (Å²) in [5, 5.41) is 4.13. The van der Waals surface area contributed by atoms with Gasteiger partial charge in [0.15, 0.2) is 0 Å². The van der Waals surface area contributed by atoms with Crippen LogP contribution in [-0.2, 0) is 0 Å². The van der Waals surface area contributed by atoms with Crippen LogP contribution in [-0.4, -0.2) is 9.78 Å². The van der Waals surface area contributed by atoms with E-state index in [1.54, 1.807) is 6.20 Å². The molecule has 1 atom stereocenters. The summed E-state index contributed by atoms with van der Waals surface area (Å²) in [4.78, 5) is 0. The second-order valence-electron chi connectivity index (χ2n) is 2.61. The SMILES string of the molecule is C#Cc1cnn(C(C)CC)c1. The molecule has 0 N–H and O–H groups in total. The highest BCUT2D eigenvalue weighted by atomic mass is 15.3. The lowest BCUT2D eigenvalue weighted by Crippen LogP contribution is -2.03. The first kappa shape index (κ1) is 7.87. The Morgan fingerprint density at radius 3 is 3.00 bits per heavy atom. The minimum absolute atomic E-state index is 0.442. The van der Waals surface area contributed by atoms with Crippen molar-refractivity contribution in [3.63, 3.8) is 0 Å². The first-order valence-electron chi connectivity index (χ1n) is 3.78. The molecule has 11 heavy (non-hydrogen) atoms. The quantitative estimate of drug-likeness (QED) is 0.585. The molecular weight excluding hydrogens is 136 g/mol. The summed E-state index contributed by atoms with van der Waals surface area (Å²) in [5.74, 6) is 2.54. The Hall–Kier alpha value is -1.23. The van der Waals surface area contributed by atoms with Crippen molar-refractivity contribution in [2.24, 2.45) is 0 Å². The normalized spacial score (nSPS) is 12.5. The van der Waals surface area contributed by atoms with Crippen molar-refractivity contribution in [1.82, 2.24) is 9.78 Å². The van der Waals surface area contributed by atoms with Gasteiger partial charge in [-0.3, -0.25) is 4.68 Å². The van der Waals surface area contributed by atoms with E-state index >= 15 is 0 Å². The monoisotopic (exact) mass is 148 g/mol. The summed E-state index contributed by atoms with van der Waals surface area (Å²) >= 11 is 0. The van der Waals surface area contributed by atoms with E-state index in [9.17, 15) is 0 Å². The third-order valence-corrected chi connectivity index (χ3v) is 1.81. The molecule has 0 saturated heterocycles. The average Bonchev–Trinajstić information content (AvgIpc) is 2.50. The van der Waals surface area contributed by atoms with E-state index in [-0.39, 0.29) is 0 Å². The molecule has 1 unspecified atom stereocenters. The number of hydrogen-bond donors (Lipinski definition) is 0. The van der Waals surface area contributed by atoms with Crippen molar-refractivity contribution >= 4 is 0 Å². The van der Waals surface area contributed by atoms with E-state index in [2.05, 4.69) is 24.9 Å². The predicted octanol–water partition coefficient (Wildman–Crippen LogP) is 1.84. The Morgan fingerprint density at radius 1 is 1.82 bits per heavy atom. The second kappa shape index (κ2) is 3.25. The van der Waals surface area contributed by atoms with Gasteiger partial charge < -0.3 is 0 Å². The zero-order valence-electron chi connectivity index (χ0n) is 6.91. The number of aromatic nitrogens is 2. The Labute approximate surface area is 67.2 Å². The number of nitrogens with zero attached hydrogens (tertiary/aromatic N) is 2. The Morgan fingerprint density at radius 2 is 2.55 bits per heavy atom. The van der Waals surface area contributed by atoms with Gasteiger partial charge in [-0.05, 0) is 13.3 Å². The fourth-order valence-corrected chi connectivity index (χ4v) is 0.841. The molecule has 0 amide bonds. The molecule has 0 fully saturated rings. The van der Waals surface area contributed by atoms with Crippen LogP contribution in [0.3, 0.4) is 0 Å². The Balaban J connectivity index is 2.82. The van der Waals surface area contributed by atoms with Crippen molar-refractivity contribution in [1.29, 1.82) is 0 Å². The highest BCUT2D eigenvalue weighted by Gasteiger charge is 2.01. The van der Waals surface area contributed by atoms with Crippen LogP contribution in [0.2, 0.25) is 0 Å². The lowest BCUT2D eigenvalue weighted by Gasteiger charge is -2.07. The zero-order chi connectivity index (χ0) is 8.27. The minimum atomic E-state index is 0.442. The molecule has 1 heterocycles. The van der Waals surface area contributed by atoms with Gasteiger partial charge in [0.2, 0.25) is 0 Å². The van der Waals surface area contributed by atoms with E-state index in [1.165, 1.54) is 0 Å². The van der Waals surface area contributed by atoms with Crippen LogP contribution in [0.1, 0.15) is 31.9 Å². The molecule has 0 aromatic carbocycles. The first-order valence-corrected chi connectivity index (χ1v) is 3.78. The van der Waals surface area contributed by atoms with Gasteiger partial charge in [0.25, 0.3) is 0 Å². The van der Waals surface area contributed by atoms with E-state index in [0.717, 1.165) is 12.0 Å². The van der Waals surface area contributed by atoms with Crippen LogP contribution in [0.15, 0.2) is 12.4 Å². The smallest absolute Gasteiger partial charge is 0.0646 e. The van der Waals surface area contributed by atoms with Crippen LogP contribution >= 0.6 is 0 Å². The van der Waals surface area contributed by atoms with E-state index in [1.807, 2.05) is 10.9 Å². The fraction of sp³-hybridized carbons (Fsp3) is 0.444. The maximum absolute atomic E-state index is 5.20. The molecule has 0 spiro atoms. The van der Waals surface area contributed by atoms with Gasteiger partial charge in [-0.25, -0.2) is 0 Å². The van der Waals surface area contributed by atoms with Crippen LogP contribution in [0.25, 0.3) is 0 Å². The molecule has 2 nitrogen and oxygen atoms in total. The van der Waals surface area contributed by atoms with Crippen LogP contribution < -0.4 is 0 Å². The molecule has 1 rings (SSSR count). The fourth-order valence-electron chi connectivity index (χ4n) is 0.841. The van der Waals surface area contributed by atoms with Gasteiger partial charge in [0.05, 0.1) is 11.8 Å². The Kier molecular flexibility index (Phi) is 2.32. The third kappa shape index (κ3) is 1.62. The molecule has 0 aliphatic rings. The van der Waals surface area contributed by atoms with Crippen molar-refractivity contribution in [3.05, 3.63) is 18.0 Å². The number of terminal acetylenes is 1. The topological polar surface area (TPSA) is 17.8 Å². The Bertz CT molecular complexity index is 267. The van der Waals surface area contributed by atoms with Crippen molar-refractivity contribution in [3.8, 4) is 12.3 Å². The van der Waals surface area contributed by atoms with Crippen molar-refractivity contribution in [2.45, 2.75) is 26.3 Å². The highest BCUT2D eigenvalue weighted by Crippen LogP contribution is 2.08. The van der Waals surface area contributed by atoms with Gasteiger partial charge in [-0.15, -0.1) is 6.42 Å². The van der Waals surface area contributed by atoms with Crippen LogP contribution in [0, 0.1) is 12.3 Å². The summed E-state index contributed by atoms with van der Waals surface area (Å²) in [5.41, 5.74) is 0.852. The lowest BCUT2D eigenvalue weighted by atomic mass is 10.3. The van der Waals surface area contributed by atoms with E-state index in [0.29, 0.717) is 6.04 Å². The second-order valence-corrected chi connectivity index (χ2v) is 2.61. The molecule has 1 aromatic heterocycles. The minimum Gasteiger partial charge on any atom is -0.269 e. The lowest BCUT2D eigenvalue weighted by molar-refractivity contribution is 0.478. The van der Waals surface area contributed by atoms with Gasteiger partial charge in [-0.1, -0.05) is 12.8 Å². The summed E-state index contributed by atoms with van der Waals surface area (Å²) in [6.45, 7) is 4.25. The van der Waals surface area contributed by atoms with E-state index < -0.39 is 0 Å². The number of rotatable bonds is 2. The molecule has 0 aliphatic carbocycles. The summed E-state index contributed by atoms with van der Waals surface area (Å²) in [7, 11) is 0. The number of hydrogen-bond acceptors (Lipinski definition) is 1. The summed E-state index contributed by atoms with van der Waals surface area (Å²) in [6, 6.07) is 0.442. The standard InChI is InChI=1S/C9H12N2/c1-4-8(3)11-7-9(5-2)6-10-11/h2,6-8H,4H2,1,3H3. The molecule has 0 bridgehead atoms. The van der Waals surface area contributed by atoms with Gasteiger partial charge in [0, 0.05) is 12.2 Å². The molecule has 0 aliphatic heterocycles. The third-order valence-electron chi connectivity index (χ3n) is 1.81. The average molecular weight is 148 g/mol. The zero-order valence-corrected chi connectivity index (χ0v) is 6.91. The molecule has 0 radical (unpaired) electrons. The molecular formula is C9H12N2.